The zero-order chi connectivity index (χ0) is 14.7. The third-order valence-electron chi connectivity index (χ3n) is 2.95. The second kappa shape index (κ2) is 5.92. The van der Waals surface area contributed by atoms with Gasteiger partial charge in [0.15, 0.2) is 0 Å². The molecule has 0 saturated carbocycles. The molecule has 2 aromatic carbocycles. The van der Waals surface area contributed by atoms with Crippen LogP contribution in [0.15, 0.2) is 42.5 Å². The van der Waals surface area contributed by atoms with E-state index in [1.807, 2.05) is 6.92 Å². The second-order valence-electron chi connectivity index (χ2n) is 4.41. The fourth-order valence-corrected chi connectivity index (χ4v) is 2.06. The van der Waals surface area contributed by atoms with Crippen molar-refractivity contribution >= 4 is 23.3 Å². The van der Waals surface area contributed by atoms with Gasteiger partial charge < -0.3 is 10.4 Å². The smallest absolute Gasteiger partial charge is 0.337 e. The van der Waals surface area contributed by atoms with E-state index in [0.29, 0.717) is 10.7 Å². The van der Waals surface area contributed by atoms with Crippen molar-refractivity contribution in [1.29, 1.82) is 0 Å². The number of benzene rings is 2. The molecule has 2 aromatic rings. The number of carboxylic acids is 1. The fourth-order valence-electron chi connectivity index (χ4n) is 1.89. The van der Waals surface area contributed by atoms with Crippen molar-refractivity contribution in [2.24, 2.45) is 0 Å². The highest BCUT2D eigenvalue weighted by Gasteiger charge is 2.13. The summed E-state index contributed by atoms with van der Waals surface area (Å²) in [5.41, 5.74) is 1.43. The lowest BCUT2D eigenvalue weighted by Crippen LogP contribution is -2.10. The first-order valence-electron chi connectivity index (χ1n) is 6.02. The van der Waals surface area contributed by atoms with Crippen LogP contribution in [0.2, 0.25) is 5.02 Å². The van der Waals surface area contributed by atoms with Crippen LogP contribution < -0.4 is 5.32 Å². The molecule has 20 heavy (non-hydrogen) atoms. The number of hydrogen-bond acceptors (Lipinski definition) is 2. The van der Waals surface area contributed by atoms with Crippen molar-refractivity contribution in [3.8, 4) is 0 Å². The summed E-state index contributed by atoms with van der Waals surface area (Å²) < 4.78 is 12.9. The lowest BCUT2D eigenvalue weighted by molar-refractivity contribution is 0.0698. The van der Waals surface area contributed by atoms with E-state index >= 15 is 0 Å². The maximum atomic E-state index is 12.9. The summed E-state index contributed by atoms with van der Waals surface area (Å²) >= 11 is 5.80. The highest BCUT2D eigenvalue weighted by molar-refractivity contribution is 6.31. The summed E-state index contributed by atoms with van der Waals surface area (Å²) in [5.74, 6) is -1.36. The summed E-state index contributed by atoms with van der Waals surface area (Å²) in [4.78, 5) is 11.2. The number of nitrogens with one attached hydrogen (secondary N) is 1. The maximum absolute atomic E-state index is 12.9. The molecule has 104 valence electrons. The van der Waals surface area contributed by atoms with Gasteiger partial charge in [-0.3, -0.25) is 0 Å². The number of hydrogen-bond donors (Lipinski definition) is 2. The molecule has 0 heterocycles. The average molecular weight is 294 g/mol. The Balaban J connectivity index is 2.25. The molecule has 0 aliphatic carbocycles. The Morgan fingerprint density at radius 3 is 2.50 bits per heavy atom. The maximum Gasteiger partial charge on any atom is 0.337 e. The number of halogens is 2. The first-order valence-corrected chi connectivity index (χ1v) is 6.40. The minimum Gasteiger partial charge on any atom is -0.478 e. The van der Waals surface area contributed by atoms with E-state index in [2.05, 4.69) is 5.32 Å². The van der Waals surface area contributed by atoms with E-state index in [0.717, 1.165) is 5.56 Å². The Labute approximate surface area is 121 Å². The number of carbonyl (C=O) groups is 1. The third-order valence-corrected chi connectivity index (χ3v) is 3.19. The number of rotatable bonds is 4. The molecule has 0 fully saturated rings. The Morgan fingerprint density at radius 2 is 1.90 bits per heavy atom. The molecule has 0 saturated heterocycles. The van der Waals surface area contributed by atoms with Crippen LogP contribution in [0, 0.1) is 5.82 Å². The van der Waals surface area contributed by atoms with Gasteiger partial charge in [-0.1, -0.05) is 23.7 Å². The molecule has 1 atom stereocenters. The first kappa shape index (κ1) is 14.3. The predicted octanol–water partition coefficient (Wildman–Crippen LogP) is 4.35. The number of anilines is 1. The molecule has 0 aliphatic rings. The van der Waals surface area contributed by atoms with Gasteiger partial charge in [-0.2, -0.15) is 0 Å². The molecular formula is C15H13ClFNO2. The molecule has 0 aliphatic heterocycles. The van der Waals surface area contributed by atoms with Crippen LogP contribution in [-0.4, -0.2) is 11.1 Å². The minimum absolute atomic E-state index is 0.103. The van der Waals surface area contributed by atoms with Crippen molar-refractivity contribution in [1.82, 2.24) is 0 Å². The van der Waals surface area contributed by atoms with Crippen molar-refractivity contribution in [2.75, 3.05) is 5.32 Å². The molecule has 0 radical (unpaired) electrons. The summed E-state index contributed by atoms with van der Waals surface area (Å²) in [7, 11) is 0. The van der Waals surface area contributed by atoms with Crippen LogP contribution >= 0.6 is 11.6 Å². The van der Waals surface area contributed by atoms with E-state index in [1.54, 1.807) is 24.3 Å². The summed E-state index contributed by atoms with van der Waals surface area (Å²) in [5, 5.41) is 12.6. The second-order valence-corrected chi connectivity index (χ2v) is 4.85. The Kier molecular flexibility index (Phi) is 4.25. The molecule has 2 N–H and O–H groups in total. The van der Waals surface area contributed by atoms with E-state index < -0.39 is 5.97 Å². The molecule has 0 spiro atoms. The molecular weight excluding hydrogens is 281 g/mol. The van der Waals surface area contributed by atoms with E-state index in [9.17, 15) is 9.18 Å². The SMILES string of the molecule is CC(Nc1ccc(Cl)cc1C(=O)O)c1ccc(F)cc1. The quantitative estimate of drug-likeness (QED) is 0.881. The van der Waals surface area contributed by atoms with Gasteiger partial charge in [-0.25, -0.2) is 9.18 Å². The van der Waals surface area contributed by atoms with Crippen molar-refractivity contribution in [3.63, 3.8) is 0 Å². The zero-order valence-electron chi connectivity index (χ0n) is 10.7. The van der Waals surface area contributed by atoms with Gasteiger partial charge >= 0.3 is 5.97 Å². The van der Waals surface area contributed by atoms with E-state index in [-0.39, 0.29) is 17.4 Å². The van der Waals surface area contributed by atoms with Crippen LogP contribution in [0.5, 0.6) is 0 Å². The van der Waals surface area contributed by atoms with Crippen molar-refractivity contribution in [3.05, 3.63) is 64.4 Å². The zero-order valence-corrected chi connectivity index (χ0v) is 11.5. The van der Waals surface area contributed by atoms with Crippen molar-refractivity contribution in [2.45, 2.75) is 13.0 Å². The minimum atomic E-state index is -1.05. The average Bonchev–Trinajstić information content (AvgIpc) is 2.41. The van der Waals surface area contributed by atoms with E-state index in [1.165, 1.54) is 18.2 Å². The normalized spacial score (nSPS) is 11.9. The molecule has 0 amide bonds. The Hall–Kier alpha value is -2.07. The van der Waals surface area contributed by atoms with Gasteiger partial charge in [0, 0.05) is 16.8 Å². The van der Waals surface area contributed by atoms with Crippen LogP contribution in [0.4, 0.5) is 10.1 Å². The Bertz CT molecular complexity index is 628. The number of carboxylic acid groups (broad SMARTS) is 1. The highest BCUT2D eigenvalue weighted by atomic mass is 35.5. The monoisotopic (exact) mass is 293 g/mol. The van der Waals surface area contributed by atoms with Gasteiger partial charge in [-0.15, -0.1) is 0 Å². The molecule has 3 nitrogen and oxygen atoms in total. The van der Waals surface area contributed by atoms with Crippen molar-refractivity contribution < 1.29 is 14.3 Å². The number of aromatic carboxylic acids is 1. The first-order chi connectivity index (χ1) is 9.47. The van der Waals surface area contributed by atoms with Crippen LogP contribution in [0.25, 0.3) is 0 Å². The topological polar surface area (TPSA) is 49.3 Å². The van der Waals surface area contributed by atoms with Crippen LogP contribution in [0.1, 0.15) is 28.9 Å². The third kappa shape index (κ3) is 3.27. The van der Waals surface area contributed by atoms with Gasteiger partial charge in [0.05, 0.1) is 5.56 Å². The summed E-state index contributed by atoms with van der Waals surface area (Å²) in [6.07, 6.45) is 0. The lowest BCUT2D eigenvalue weighted by atomic mass is 10.1. The molecule has 1 unspecified atom stereocenters. The summed E-state index contributed by atoms with van der Waals surface area (Å²) in [6.45, 7) is 1.87. The fraction of sp³-hybridized carbons (Fsp3) is 0.133. The van der Waals surface area contributed by atoms with Gasteiger partial charge in [0.25, 0.3) is 0 Å². The Morgan fingerprint density at radius 1 is 1.25 bits per heavy atom. The highest BCUT2D eigenvalue weighted by Crippen LogP contribution is 2.25. The van der Waals surface area contributed by atoms with E-state index in [4.69, 9.17) is 16.7 Å². The molecule has 0 bridgehead atoms. The van der Waals surface area contributed by atoms with Gasteiger partial charge in [-0.05, 0) is 42.8 Å². The standard InChI is InChI=1S/C15H13ClFNO2/c1-9(10-2-5-12(17)6-3-10)18-14-7-4-11(16)8-13(14)15(19)20/h2-9,18H,1H3,(H,19,20). The molecule has 0 aromatic heterocycles. The van der Waals surface area contributed by atoms with Gasteiger partial charge in [0.2, 0.25) is 0 Å². The predicted molar refractivity (Wildman–Crippen MR) is 76.8 cm³/mol. The van der Waals surface area contributed by atoms with Crippen LogP contribution in [0.3, 0.4) is 0 Å². The van der Waals surface area contributed by atoms with Crippen LogP contribution in [-0.2, 0) is 0 Å². The lowest BCUT2D eigenvalue weighted by Gasteiger charge is -2.17. The largest absolute Gasteiger partial charge is 0.478 e. The van der Waals surface area contributed by atoms with Gasteiger partial charge in [0.1, 0.15) is 5.82 Å². The molecule has 2 rings (SSSR count). The molecule has 5 heteroatoms. The summed E-state index contributed by atoms with van der Waals surface area (Å²) in [6, 6.07) is 10.5.